The zero-order chi connectivity index (χ0) is 14.7. The molecule has 0 fully saturated rings. The molecule has 0 heterocycles. The number of alkyl halides is 1. The van der Waals surface area contributed by atoms with Crippen LogP contribution < -0.4 is 4.74 Å². The average molecular weight is 357 g/mol. The first-order valence-corrected chi connectivity index (χ1v) is 7.11. The van der Waals surface area contributed by atoms with Crippen LogP contribution in [0.15, 0.2) is 40.9 Å². The van der Waals surface area contributed by atoms with Crippen LogP contribution in [0.25, 0.3) is 0 Å². The monoisotopic (exact) mass is 355 g/mol. The van der Waals surface area contributed by atoms with Crippen molar-refractivity contribution in [3.05, 3.63) is 62.1 Å². The highest BCUT2D eigenvalue weighted by Gasteiger charge is 2.11. The van der Waals surface area contributed by atoms with E-state index in [0.717, 1.165) is 15.6 Å². The normalized spacial score (nSPS) is 10.3. The molecule has 0 radical (unpaired) electrons. The molecule has 2 aromatic carbocycles. The number of ether oxygens (including phenoxy) is 1. The quantitative estimate of drug-likeness (QED) is 0.430. The van der Waals surface area contributed by atoms with Crippen LogP contribution in [0.1, 0.15) is 11.1 Å². The molecule has 4 nitrogen and oxygen atoms in total. The van der Waals surface area contributed by atoms with E-state index in [0.29, 0.717) is 17.4 Å². The van der Waals surface area contributed by atoms with Crippen molar-refractivity contribution >= 4 is 33.2 Å². The Kier molecular flexibility index (Phi) is 4.62. The van der Waals surface area contributed by atoms with Gasteiger partial charge in [-0.2, -0.15) is 0 Å². The number of aryl methyl sites for hydroxylation is 1. The van der Waals surface area contributed by atoms with Crippen molar-refractivity contribution in [2.45, 2.75) is 12.8 Å². The molecule has 20 heavy (non-hydrogen) atoms. The highest BCUT2D eigenvalue weighted by molar-refractivity contribution is 9.10. The van der Waals surface area contributed by atoms with Crippen LogP contribution in [-0.2, 0) is 5.88 Å². The number of nitro benzene ring substituents is 1. The summed E-state index contributed by atoms with van der Waals surface area (Å²) in [5.41, 5.74) is 1.78. The number of halogens is 2. The van der Waals surface area contributed by atoms with E-state index in [9.17, 15) is 10.1 Å². The molecule has 0 aliphatic rings. The molecule has 0 unspecified atom stereocenters. The fourth-order valence-electron chi connectivity index (χ4n) is 1.64. The maximum absolute atomic E-state index is 10.8. The van der Waals surface area contributed by atoms with Crippen molar-refractivity contribution < 1.29 is 9.66 Å². The molecular weight excluding hydrogens is 346 g/mol. The van der Waals surface area contributed by atoms with E-state index >= 15 is 0 Å². The fraction of sp³-hybridized carbons (Fsp3) is 0.143. The van der Waals surface area contributed by atoms with E-state index in [1.165, 1.54) is 12.1 Å². The van der Waals surface area contributed by atoms with E-state index in [1.807, 2.05) is 19.1 Å². The van der Waals surface area contributed by atoms with E-state index < -0.39 is 4.92 Å². The van der Waals surface area contributed by atoms with Gasteiger partial charge in [0.25, 0.3) is 5.69 Å². The number of hydrogen-bond donors (Lipinski definition) is 0. The minimum absolute atomic E-state index is 0.000833. The summed E-state index contributed by atoms with van der Waals surface area (Å²) in [5, 5.41) is 10.8. The van der Waals surface area contributed by atoms with Gasteiger partial charge >= 0.3 is 0 Å². The molecule has 2 aromatic rings. The first kappa shape index (κ1) is 14.8. The SMILES string of the molecule is Cc1ccc([N+](=O)[O-])cc1Oc1ccc(CCl)cc1Br. The predicted molar refractivity (Wildman–Crippen MR) is 81.6 cm³/mol. The van der Waals surface area contributed by atoms with Crippen LogP contribution in [0.2, 0.25) is 0 Å². The smallest absolute Gasteiger partial charge is 0.273 e. The van der Waals surface area contributed by atoms with Gasteiger partial charge in [0.2, 0.25) is 0 Å². The lowest BCUT2D eigenvalue weighted by Gasteiger charge is -2.10. The molecule has 0 N–H and O–H groups in total. The Hall–Kier alpha value is -1.59. The largest absolute Gasteiger partial charge is 0.456 e. The summed E-state index contributed by atoms with van der Waals surface area (Å²) in [6.45, 7) is 1.83. The number of rotatable bonds is 4. The second-order valence-corrected chi connectivity index (χ2v) is 5.33. The lowest BCUT2D eigenvalue weighted by molar-refractivity contribution is -0.384. The maximum Gasteiger partial charge on any atom is 0.273 e. The van der Waals surface area contributed by atoms with Crippen LogP contribution in [0, 0.1) is 17.0 Å². The molecule has 0 aromatic heterocycles. The highest BCUT2D eigenvalue weighted by atomic mass is 79.9. The third-order valence-corrected chi connectivity index (χ3v) is 3.68. The van der Waals surface area contributed by atoms with Crippen molar-refractivity contribution in [3.63, 3.8) is 0 Å². The van der Waals surface area contributed by atoms with Gasteiger partial charge in [-0.1, -0.05) is 6.07 Å². The summed E-state index contributed by atoms with van der Waals surface area (Å²) < 4.78 is 6.49. The Balaban J connectivity index is 2.34. The Morgan fingerprint density at radius 2 is 2.00 bits per heavy atom. The van der Waals surface area contributed by atoms with Gasteiger partial charge in [-0.15, -0.1) is 11.6 Å². The fourth-order valence-corrected chi connectivity index (χ4v) is 2.31. The predicted octanol–water partition coefficient (Wildman–Crippen LogP) is 5.20. The second kappa shape index (κ2) is 6.24. The minimum Gasteiger partial charge on any atom is -0.456 e. The van der Waals surface area contributed by atoms with Gasteiger partial charge in [-0.05, 0) is 52.2 Å². The van der Waals surface area contributed by atoms with Crippen molar-refractivity contribution in [2.24, 2.45) is 0 Å². The zero-order valence-electron chi connectivity index (χ0n) is 10.6. The van der Waals surface area contributed by atoms with Gasteiger partial charge in [-0.3, -0.25) is 10.1 Å². The van der Waals surface area contributed by atoms with Gasteiger partial charge in [0.05, 0.1) is 15.5 Å². The lowest BCUT2D eigenvalue weighted by atomic mass is 10.2. The second-order valence-electron chi connectivity index (χ2n) is 4.21. The van der Waals surface area contributed by atoms with Gasteiger partial charge in [0.1, 0.15) is 11.5 Å². The number of non-ortho nitro benzene ring substituents is 1. The zero-order valence-corrected chi connectivity index (χ0v) is 12.9. The summed E-state index contributed by atoms with van der Waals surface area (Å²) in [6, 6.07) is 10.0. The third-order valence-electron chi connectivity index (χ3n) is 2.75. The molecule has 0 aliphatic heterocycles. The molecule has 0 spiro atoms. The topological polar surface area (TPSA) is 52.4 Å². The van der Waals surface area contributed by atoms with Crippen molar-refractivity contribution in [1.29, 1.82) is 0 Å². The number of nitro groups is 1. The Morgan fingerprint density at radius 1 is 1.25 bits per heavy atom. The van der Waals surface area contributed by atoms with Crippen LogP contribution in [0.4, 0.5) is 5.69 Å². The number of hydrogen-bond acceptors (Lipinski definition) is 3. The number of nitrogens with zero attached hydrogens (tertiary/aromatic N) is 1. The van der Waals surface area contributed by atoms with E-state index in [1.54, 1.807) is 12.1 Å². The summed E-state index contributed by atoms with van der Waals surface area (Å²) in [5.74, 6) is 1.45. The summed E-state index contributed by atoms with van der Waals surface area (Å²) >= 11 is 9.16. The standard InChI is InChI=1S/C14H11BrClNO3/c1-9-2-4-11(17(18)19)7-14(9)20-13-5-3-10(8-16)6-12(13)15/h2-7H,8H2,1H3. The third kappa shape index (κ3) is 3.29. The molecule has 0 saturated carbocycles. The molecule has 6 heteroatoms. The van der Waals surface area contributed by atoms with Gasteiger partial charge in [0, 0.05) is 11.9 Å². The van der Waals surface area contributed by atoms with Crippen LogP contribution in [-0.4, -0.2) is 4.92 Å². The minimum atomic E-state index is -0.446. The van der Waals surface area contributed by atoms with E-state index in [4.69, 9.17) is 16.3 Å². The Bertz CT molecular complexity index is 661. The molecule has 2 rings (SSSR count). The molecule has 0 atom stereocenters. The first-order valence-electron chi connectivity index (χ1n) is 5.78. The van der Waals surface area contributed by atoms with Crippen LogP contribution in [0.3, 0.4) is 0 Å². The van der Waals surface area contributed by atoms with Gasteiger partial charge in [0.15, 0.2) is 0 Å². The average Bonchev–Trinajstić information content (AvgIpc) is 2.42. The molecule has 0 aliphatic carbocycles. The molecular formula is C14H11BrClNO3. The molecule has 0 amide bonds. The van der Waals surface area contributed by atoms with E-state index in [-0.39, 0.29) is 5.69 Å². The van der Waals surface area contributed by atoms with Crippen molar-refractivity contribution in [3.8, 4) is 11.5 Å². The van der Waals surface area contributed by atoms with Crippen LogP contribution in [0.5, 0.6) is 11.5 Å². The summed E-state index contributed by atoms with van der Waals surface area (Å²) in [4.78, 5) is 10.3. The summed E-state index contributed by atoms with van der Waals surface area (Å²) in [7, 11) is 0. The Morgan fingerprint density at radius 3 is 2.60 bits per heavy atom. The highest BCUT2D eigenvalue weighted by Crippen LogP contribution is 2.34. The van der Waals surface area contributed by atoms with Gasteiger partial charge < -0.3 is 4.74 Å². The number of benzene rings is 2. The lowest BCUT2D eigenvalue weighted by Crippen LogP contribution is -1.93. The first-order chi connectivity index (χ1) is 9.51. The molecule has 0 bridgehead atoms. The Labute approximate surface area is 129 Å². The van der Waals surface area contributed by atoms with Crippen molar-refractivity contribution in [1.82, 2.24) is 0 Å². The molecule has 104 valence electrons. The maximum atomic E-state index is 10.8. The molecule has 0 saturated heterocycles. The summed E-state index contributed by atoms with van der Waals surface area (Å²) in [6.07, 6.45) is 0. The van der Waals surface area contributed by atoms with E-state index in [2.05, 4.69) is 15.9 Å². The van der Waals surface area contributed by atoms with Crippen LogP contribution >= 0.6 is 27.5 Å². The van der Waals surface area contributed by atoms with Gasteiger partial charge in [-0.25, -0.2) is 0 Å². The van der Waals surface area contributed by atoms with Crippen molar-refractivity contribution in [2.75, 3.05) is 0 Å².